The van der Waals surface area contributed by atoms with Crippen LogP contribution in [-0.2, 0) is 17.9 Å². The molecule has 2 aromatic rings. The molecule has 6 heteroatoms. The number of nitrogens with one attached hydrogen (secondary N) is 1. The van der Waals surface area contributed by atoms with Crippen molar-refractivity contribution in [2.45, 2.75) is 20.1 Å². The van der Waals surface area contributed by atoms with Gasteiger partial charge in [-0.3, -0.25) is 5.10 Å². The lowest BCUT2D eigenvalue weighted by atomic mass is 10.3. The number of nitrogens with two attached hydrogens (primary N) is 1. The van der Waals surface area contributed by atoms with Gasteiger partial charge in [-0.1, -0.05) is 0 Å². The highest BCUT2D eigenvalue weighted by atomic mass is 16.5. The van der Waals surface area contributed by atoms with E-state index in [9.17, 15) is 0 Å². The summed E-state index contributed by atoms with van der Waals surface area (Å²) >= 11 is 0. The molecule has 0 aliphatic heterocycles. The largest absolute Gasteiger partial charge is 0.383 e. The van der Waals surface area contributed by atoms with E-state index in [1.54, 1.807) is 11.8 Å². The normalized spacial score (nSPS) is 11.3. The van der Waals surface area contributed by atoms with Gasteiger partial charge >= 0.3 is 0 Å². The summed E-state index contributed by atoms with van der Waals surface area (Å²) in [6.07, 6.45) is 0. The monoisotopic (exact) mass is 195 g/mol. The molecule has 0 atom stereocenters. The average Bonchev–Trinajstić information content (AvgIpc) is 2.70. The number of anilines is 1. The zero-order valence-electron chi connectivity index (χ0n) is 8.24. The van der Waals surface area contributed by atoms with E-state index in [1.807, 2.05) is 6.92 Å². The number of ether oxygens (including phenoxy) is 1. The van der Waals surface area contributed by atoms with Gasteiger partial charge in [-0.25, -0.2) is 4.68 Å². The first-order valence-electron chi connectivity index (χ1n) is 4.46. The van der Waals surface area contributed by atoms with Gasteiger partial charge in [0.2, 0.25) is 0 Å². The molecule has 0 saturated heterocycles. The Morgan fingerprint density at radius 1 is 1.57 bits per heavy atom. The van der Waals surface area contributed by atoms with Gasteiger partial charge in [-0.15, -0.1) is 0 Å². The van der Waals surface area contributed by atoms with Gasteiger partial charge in [0, 0.05) is 13.7 Å². The minimum atomic E-state index is 0.452. The first-order chi connectivity index (χ1) is 6.77. The molecule has 0 aromatic carbocycles. The van der Waals surface area contributed by atoms with Crippen molar-refractivity contribution < 1.29 is 4.74 Å². The number of aromatic nitrogens is 4. The first kappa shape index (κ1) is 9.01. The SMILES string of the molecule is CCn1nc(COC)c2c(N)[nH]nc21. The van der Waals surface area contributed by atoms with Crippen molar-refractivity contribution in [3.63, 3.8) is 0 Å². The summed E-state index contributed by atoms with van der Waals surface area (Å²) in [5, 5.41) is 12.0. The molecule has 76 valence electrons. The van der Waals surface area contributed by atoms with Gasteiger partial charge < -0.3 is 10.5 Å². The standard InChI is InChI=1S/C8H13N5O/c1-3-13-8-6(7(9)10-11-8)5(12-13)4-14-2/h3-4H2,1-2H3,(H3,9,10,11). The Morgan fingerprint density at radius 3 is 3.00 bits per heavy atom. The number of nitrogens with zero attached hydrogens (tertiary/aromatic N) is 3. The van der Waals surface area contributed by atoms with E-state index in [-0.39, 0.29) is 0 Å². The van der Waals surface area contributed by atoms with Crippen LogP contribution in [0.15, 0.2) is 0 Å². The average molecular weight is 195 g/mol. The number of aromatic amines is 1. The van der Waals surface area contributed by atoms with Crippen LogP contribution < -0.4 is 5.73 Å². The molecule has 6 nitrogen and oxygen atoms in total. The summed E-state index contributed by atoms with van der Waals surface area (Å²) in [6, 6.07) is 0. The maximum atomic E-state index is 5.75. The number of methoxy groups -OCH3 is 1. The van der Waals surface area contributed by atoms with Crippen LogP contribution in [0, 0.1) is 0 Å². The Bertz CT molecular complexity index is 444. The van der Waals surface area contributed by atoms with E-state index in [0.29, 0.717) is 12.4 Å². The van der Waals surface area contributed by atoms with Crippen LogP contribution in [0.2, 0.25) is 0 Å². The molecule has 0 saturated carbocycles. The Balaban J connectivity index is 2.63. The first-order valence-corrected chi connectivity index (χ1v) is 4.46. The van der Waals surface area contributed by atoms with Crippen LogP contribution >= 0.6 is 0 Å². The number of aryl methyl sites for hydroxylation is 1. The topological polar surface area (TPSA) is 81.8 Å². The van der Waals surface area contributed by atoms with Gasteiger partial charge in [0.1, 0.15) is 11.5 Å². The lowest BCUT2D eigenvalue weighted by molar-refractivity contribution is 0.181. The number of rotatable bonds is 3. The maximum absolute atomic E-state index is 5.75. The molecule has 0 aliphatic rings. The molecule has 0 aliphatic carbocycles. The van der Waals surface area contributed by atoms with Crippen molar-refractivity contribution >= 4 is 16.9 Å². The molecule has 2 heterocycles. The molecule has 3 N–H and O–H groups in total. The number of fused-ring (bicyclic) bond motifs is 1. The third-order valence-electron chi connectivity index (χ3n) is 2.13. The summed E-state index contributed by atoms with van der Waals surface area (Å²) in [6.45, 7) is 3.23. The minimum Gasteiger partial charge on any atom is -0.383 e. The highest BCUT2D eigenvalue weighted by Crippen LogP contribution is 2.22. The molecule has 0 radical (unpaired) electrons. The molecule has 0 amide bonds. The van der Waals surface area contributed by atoms with Crippen molar-refractivity contribution in [1.29, 1.82) is 0 Å². The van der Waals surface area contributed by atoms with E-state index in [4.69, 9.17) is 10.5 Å². The van der Waals surface area contributed by atoms with E-state index in [1.165, 1.54) is 0 Å². The molecular weight excluding hydrogens is 182 g/mol. The van der Waals surface area contributed by atoms with Crippen molar-refractivity contribution in [2.24, 2.45) is 0 Å². The van der Waals surface area contributed by atoms with Gasteiger partial charge in [0.05, 0.1) is 12.0 Å². The smallest absolute Gasteiger partial charge is 0.182 e. The molecule has 0 fully saturated rings. The quantitative estimate of drug-likeness (QED) is 0.747. The van der Waals surface area contributed by atoms with Crippen molar-refractivity contribution in [1.82, 2.24) is 20.0 Å². The predicted octanol–water partition coefficient (Wildman–Crippen LogP) is 0.508. The highest BCUT2D eigenvalue weighted by molar-refractivity contribution is 5.88. The summed E-state index contributed by atoms with van der Waals surface area (Å²) in [5.74, 6) is 0.548. The second-order valence-corrected chi connectivity index (χ2v) is 3.03. The second-order valence-electron chi connectivity index (χ2n) is 3.03. The molecule has 0 spiro atoms. The second kappa shape index (κ2) is 3.30. The van der Waals surface area contributed by atoms with E-state index >= 15 is 0 Å². The van der Waals surface area contributed by atoms with Gasteiger partial charge in [-0.2, -0.15) is 10.2 Å². The van der Waals surface area contributed by atoms with Crippen LogP contribution in [0.5, 0.6) is 0 Å². The van der Waals surface area contributed by atoms with E-state index in [2.05, 4.69) is 15.3 Å². The van der Waals surface area contributed by atoms with Crippen molar-refractivity contribution in [3.05, 3.63) is 5.69 Å². The summed E-state index contributed by atoms with van der Waals surface area (Å²) in [4.78, 5) is 0. The fraction of sp³-hybridized carbons (Fsp3) is 0.500. The van der Waals surface area contributed by atoms with Gasteiger partial charge in [-0.05, 0) is 6.92 Å². The number of H-pyrrole nitrogens is 1. The predicted molar refractivity (Wildman–Crippen MR) is 52.7 cm³/mol. The molecule has 14 heavy (non-hydrogen) atoms. The fourth-order valence-electron chi connectivity index (χ4n) is 1.52. The zero-order valence-corrected chi connectivity index (χ0v) is 8.24. The maximum Gasteiger partial charge on any atom is 0.182 e. The minimum absolute atomic E-state index is 0.452. The number of nitrogen functional groups attached to an aromatic ring is 1. The van der Waals surface area contributed by atoms with Gasteiger partial charge in [0.15, 0.2) is 5.65 Å². The zero-order chi connectivity index (χ0) is 10.1. The van der Waals surface area contributed by atoms with Crippen LogP contribution in [0.4, 0.5) is 5.82 Å². The molecule has 2 rings (SSSR count). The lowest BCUT2D eigenvalue weighted by Gasteiger charge is -1.95. The fourth-order valence-corrected chi connectivity index (χ4v) is 1.52. The summed E-state index contributed by atoms with van der Waals surface area (Å²) in [7, 11) is 1.63. The molecule has 0 unspecified atom stereocenters. The summed E-state index contributed by atoms with van der Waals surface area (Å²) < 4.78 is 6.85. The molecule has 2 aromatic heterocycles. The van der Waals surface area contributed by atoms with Gasteiger partial charge in [0.25, 0.3) is 0 Å². The third kappa shape index (κ3) is 1.15. The van der Waals surface area contributed by atoms with E-state index in [0.717, 1.165) is 23.3 Å². The lowest BCUT2D eigenvalue weighted by Crippen LogP contribution is -1.99. The Kier molecular flexibility index (Phi) is 2.12. The van der Waals surface area contributed by atoms with E-state index < -0.39 is 0 Å². The summed E-state index contributed by atoms with van der Waals surface area (Å²) in [5.41, 5.74) is 7.37. The Hall–Kier alpha value is -1.56. The van der Waals surface area contributed by atoms with Crippen LogP contribution in [0.3, 0.4) is 0 Å². The Morgan fingerprint density at radius 2 is 2.36 bits per heavy atom. The number of hydrogen-bond acceptors (Lipinski definition) is 4. The Labute approximate surface area is 81.0 Å². The van der Waals surface area contributed by atoms with Crippen molar-refractivity contribution in [3.8, 4) is 0 Å². The van der Waals surface area contributed by atoms with Crippen LogP contribution in [-0.4, -0.2) is 27.1 Å². The highest BCUT2D eigenvalue weighted by Gasteiger charge is 2.14. The molecule has 0 bridgehead atoms. The molecular formula is C8H13N5O. The number of hydrogen-bond donors (Lipinski definition) is 2. The van der Waals surface area contributed by atoms with Crippen LogP contribution in [0.25, 0.3) is 11.0 Å². The van der Waals surface area contributed by atoms with Crippen LogP contribution in [0.1, 0.15) is 12.6 Å². The van der Waals surface area contributed by atoms with Crippen molar-refractivity contribution in [2.75, 3.05) is 12.8 Å². The third-order valence-corrected chi connectivity index (χ3v) is 2.13.